The zero-order valence-electron chi connectivity index (χ0n) is 22.5. The first-order valence-electron chi connectivity index (χ1n) is 12.3. The molecule has 0 bridgehead atoms. The summed E-state index contributed by atoms with van der Waals surface area (Å²) in [6.07, 6.45) is 10.9. The van der Waals surface area contributed by atoms with Crippen molar-refractivity contribution in [1.29, 1.82) is 0 Å². The second-order valence-corrected chi connectivity index (χ2v) is 6.99. The van der Waals surface area contributed by atoms with Gasteiger partial charge in [-0.3, -0.25) is 4.79 Å². The lowest BCUT2D eigenvalue weighted by atomic mass is 10.2. The maximum absolute atomic E-state index is 12.8. The highest BCUT2D eigenvalue weighted by atomic mass is 16.5. The number of amidine groups is 1. The SMILES string of the molecule is [2H]C([2H])([2H])NC(=O)c1cnc(N=C(N)C2CC2)cc1Nc1nccc(-c2ncn(C([2H])([2H])C#C)n2)c1OC. The Morgan fingerprint density at radius 2 is 2.33 bits per heavy atom. The third-order valence-electron chi connectivity index (χ3n) is 4.76. The molecule has 4 rings (SSSR count). The summed E-state index contributed by atoms with van der Waals surface area (Å²) in [6, 6.07) is 2.99. The lowest BCUT2D eigenvalue weighted by Crippen LogP contribution is -2.19. The van der Waals surface area contributed by atoms with Gasteiger partial charge in [0, 0.05) is 35.5 Å². The molecule has 0 aromatic carbocycles. The minimum atomic E-state index is -2.73. The molecule has 1 aliphatic rings. The maximum atomic E-state index is 12.8. The number of carbonyl (C=O) groups is 1. The summed E-state index contributed by atoms with van der Waals surface area (Å²) in [5.74, 6) is 2.27. The van der Waals surface area contributed by atoms with Crippen LogP contribution in [0.25, 0.3) is 11.4 Å². The van der Waals surface area contributed by atoms with Gasteiger partial charge < -0.3 is 21.1 Å². The van der Waals surface area contributed by atoms with Crippen molar-refractivity contribution >= 4 is 29.1 Å². The third kappa shape index (κ3) is 4.74. The number of amides is 1. The summed E-state index contributed by atoms with van der Waals surface area (Å²) in [6.45, 7) is -4.93. The molecule has 33 heavy (non-hydrogen) atoms. The molecule has 1 aliphatic carbocycles. The number of aliphatic imine (C=N–C) groups is 1. The standard InChI is InChI=1S/C22H23N9O2/c1-4-9-31-12-27-20(30-31)14-7-8-25-21(18(14)33-3)28-16-10-17(29-19(23)13-5-6-13)26-11-15(16)22(32)24-2/h1,7-8,10-13H,5-6,9H2,2-3H3,(H,24,32)(H3,23,25,26,28,29)/i2D3,9D2. The lowest BCUT2D eigenvalue weighted by molar-refractivity contribution is 0.0963. The van der Waals surface area contributed by atoms with Crippen LogP contribution in [0.5, 0.6) is 5.75 Å². The van der Waals surface area contributed by atoms with Gasteiger partial charge in [-0.25, -0.2) is 24.6 Å². The second-order valence-electron chi connectivity index (χ2n) is 6.99. The number of nitrogens with zero attached hydrogens (tertiary/aromatic N) is 6. The van der Waals surface area contributed by atoms with Crippen LogP contribution in [0.2, 0.25) is 0 Å². The van der Waals surface area contributed by atoms with Crippen molar-refractivity contribution < 1.29 is 16.4 Å². The van der Waals surface area contributed by atoms with E-state index in [4.69, 9.17) is 23.7 Å². The highest BCUT2D eigenvalue weighted by Gasteiger charge is 2.26. The molecular formula is C22H23N9O2. The van der Waals surface area contributed by atoms with Crippen LogP contribution in [0.4, 0.5) is 17.3 Å². The Morgan fingerprint density at radius 1 is 1.48 bits per heavy atom. The Morgan fingerprint density at radius 3 is 3.06 bits per heavy atom. The average Bonchev–Trinajstić information content (AvgIpc) is 3.59. The Labute approximate surface area is 197 Å². The zero-order chi connectivity index (χ0) is 27.7. The van der Waals surface area contributed by atoms with Gasteiger partial charge in [-0.15, -0.1) is 11.5 Å². The van der Waals surface area contributed by atoms with E-state index in [1.807, 2.05) is 11.2 Å². The predicted molar refractivity (Wildman–Crippen MR) is 124 cm³/mol. The van der Waals surface area contributed by atoms with Gasteiger partial charge in [0.05, 0.1) is 26.7 Å². The molecule has 1 saturated carbocycles. The summed E-state index contributed by atoms with van der Waals surface area (Å²) >= 11 is 0. The van der Waals surface area contributed by atoms with Gasteiger partial charge in [-0.05, 0) is 18.9 Å². The van der Waals surface area contributed by atoms with E-state index < -0.39 is 19.4 Å². The Kier molecular flexibility index (Phi) is 4.60. The minimum Gasteiger partial charge on any atom is -0.492 e. The number of terminal acetylenes is 1. The van der Waals surface area contributed by atoms with Gasteiger partial charge in [0.2, 0.25) is 0 Å². The first kappa shape index (κ1) is 16.2. The molecular weight excluding hydrogens is 422 g/mol. The number of anilines is 2. The number of methoxy groups -OCH3 is 1. The van der Waals surface area contributed by atoms with Crippen molar-refractivity contribution in [2.75, 3.05) is 19.4 Å². The van der Waals surface area contributed by atoms with Crippen molar-refractivity contribution in [3.05, 3.63) is 36.4 Å². The number of rotatable bonds is 8. The van der Waals surface area contributed by atoms with Crippen LogP contribution in [0.1, 0.15) is 30.1 Å². The number of carbonyl (C=O) groups excluding carboxylic acids is 1. The molecule has 11 heteroatoms. The molecule has 0 saturated heterocycles. The largest absolute Gasteiger partial charge is 0.492 e. The molecule has 0 radical (unpaired) electrons. The molecule has 0 aliphatic heterocycles. The number of aromatic nitrogens is 5. The Balaban J connectivity index is 1.75. The van der Waals surface area contributed by atoms with Crippen LogP contribution in [0.3, 0.4) is 0 Å². The van der Waals surface area contributed by atoms with Gasteiger partial charge in [0.1, 0.15) is 18.7 Å². The van der Waals surface area contributed by atoms with Crippen LogP contribution in [0.15, 0.2) is 35.8 Å². The molecule has 1 amide bonds. The van der Waals surface area contributed by atoms with Gasteiger partial charge in [-0.1, -0.05) is 5.92 Å². The molecule has 168 valence electrons. The first-order valence-corrected chi connectivity index (χ1v) is 9.79. The molecule has 3 aromatic heterocycles. The minimum absolute atomic E-state index is 0.0936. The van der Waals surface area contributed by atoms with Crippen LogP contribution < -0.4 is 21.1 Å². The quantitative estimate of drug-likeness (QED) is 0.268. The van der Waals surface area contributed by atoms with Crippen molar-refractivity contribution in [3.8, 4) is 29.5 Å². The van der Waals surface area contributed by atoms with E-state index in [1.54, 1.807) is 6.07 Å². The summed E-state index contributed by atoms with van der Waals surface area (Å²) in [5.41, 5.74) is 6.40. The fraction of sp³-hybridized carbons (Fsp3) is 0.273. The fourth-order valence-electron chi connectivity index (χ4n) is 3.01. The number of hydrogen-bond acceptors (Lipinski definition) is 8. The number of ether oxygens (including phenoxy) is 1. The monoisotopic (exact) mass is 450 g/mol. The molecule has 11 nitrogen and oxygen atoms in total. The smallest absolute Gasteiger partial charge is 0.254 e. The zero-order valence-corrected chi connectivity index (χ0v) is 17.5. The van der Waals surface area contributed by atoms with Gasteiger partial charge in [0.25, 0.3) is 5.91 Å². The average molecular weight is 451 g/mol. The second kappa shape index (κ2) is 9.35. The van der Waals surface area contributed by atoms with Crippen LogP contribution in [-0.4, -0.2) is 50.6 Å². The van der Waals surface area contributed by atoms with E-state index in [9.17, 15) is 4.79 Å². The van der Waals surface area contributed by atoms with E-state index in [1.165, 1.54) is 25.6 Å². The molecule has 1 fully saturated rings. The van der Waals surface area contributed by atoms with Crippen LogP contribution in [-0.2, 0) is 6.50 Å². The van der Waals surface area contributed by atoms with E-state index in [0.29, 0.717) is 11.4 Å². The van der Waals surface area contributed by atoms with Crippen molar-refractivity contribution in [1.82, 2.24) is 30.0 Å². The third-order valence-corrected chi connectivity index (χ3v) is 4.76. The number of pyridine rings is 2. The predicted octanol–water partition coefficient (Wildman–Crippen LogP) is 1.88. The number of nitrogens with two attached hydrogens (primary N) is 1. The number of nitrogens with one attached hydrogen (secondary N) is 2. The van der Waals surface area contributed by atoms with Crippen LogP contribution >= 0.6 is 0 Å². The van der Waals surface area contributed by atoms with Crippen molar-refractivity contribution in [2.45, 2.75) is 19.3 Å². The van der Waals surface area contributed by atoms with E-state index in [2.05, 4.69) is 30.4 Å². The molecule has 0 unspecified atom stereocenters. The molecule has 3 heterocycles. The fourth-order valence-corrected chi connectivity index (χ4v) is 3.01. The molecule has 0 atom stereocenters. The summed E-state index contributed by atoms with van der Waals surface area (Å²) in [5, 5.41) is 9.03. The summed E-state index contributed by atoms with van der Waals surface area (Å²) < 4.78 is 44.2. The molecule has 3 aromatic rings. The topological polar surface area (TPSA) is 145 Å². The lowest BCUT2D eigenvalue weighted by Gasteiger charge is -2.15. The van der Waals surface area contributed by atoms with Gasteiger partial charge in [0.15, 0.2) is 23.2 Å². The Hall–Kier alpha value is -4.46. The number of hydrogen-bond donors (Lipinski definition) is 3. The normalized spacial score (nSPS) is 16.4. The first-order chi connectivity index (χ1) is 17.9. The molecule has 4 N–H and O–H groups in total. The van der Waals surface area contributed by atoms with Crippen LogP contribution in [0, 0.1) is 18.3 Å². The van der Waals surface area contributed by atoms with Gasteiger partial charge in [-0.2, -0.15) is 0 Å². The molecule has 0 spiro atoms. The summed E-state index contributed by atoms with van der Waals surface area (Å²) in [7, 11) is 1.38. The maximum Gasteiger partial charge on any atom is 0.254 e. The van der Waals surface area contributed by atoms with E-state index in [0.717, 1.165) is 23.9 Å². The van der Waals surface area contributed by atoms with Crippen molar-refractivity contribution in [3.63, 3.8) is 0 Å². The highest BCUT2D eigenvalue weighted by molar-refractivity contribution is 6.00. The van der Waals surface area contributed by atoms with Crippen molar-refractivity contribution in [2.24, 2.45) is 16.6 Å². The van der Waals surface area contributed by atoms with E-state index >= 15 is 0 Å². The summed E-state index contributed by atoms with van der Waals surface area (Å²) in [4.78, 5) is 29.6. The highest BCUT2D eigenvalue weighted by Crippen LogP contribution is 2.36. The Bertz CT molecular complexity index is 1440. The van der Waals surface area contributed by atoms with E-state index in [-0.39, 0.29) is 40.4 Å². The van der Waals surface area contributed by atoms with Gasteiger partial charge >= 0.3 is 0 Å².